The van der Waals surface area contributed by atoms with Gasteiger partial charge in [-0.15, -0.1) is 5.10 Å². The molecule has 0 spiro atoms. The van der Waals surface area contributed by atoms with Crippen molar-refractivity contribution in [2.24, 2.45) is 13.0 Å². The fourth-order valence-corrected chi connectivity index (χ4v) is 3.68. The molecule has 2 aromatic rings. The number of nitrogens with zero attached hydrogens (tertiary/aromatic N) is 5. The average Bonchev–Trinajstić information content (AvgIpc) is 2.92. The zero-order chi connectivity index (χ0) is 16.7. The third kappa shape index (κ3) is 3.19. The molecule has 8 nitrogen and oxygen atoms in total. The number of hydrogen-bond donors (Lipinski definition) is 2. The van der Waals surface area contributed by atoms with Crippen LogP contribution in [0.2, 0.25) is 0 Å². The first-order valence-electron chi connectivity index (χ1n) is 8.43. The zero-order valence-corrected chi connectivity index (χ0v) is 13.7. The molecule has 2 aliphatic rings. The van der Waals surface area contributed by atoms with E-state index in [0.717, 1.165) is 36.7 Å². The normalized spacial score (nSPS) is 24.5. The van der Waals surface area contributed by atoms with E-state index in [0.29, 0.717) is 5.92 Å². The number of rotatable bonds is 6. The molecule has 2 atom stereocenters. The van der Waals surface area contributed by atoms with Crippen LogP contribution in [0.5, 0.6) is 0 Å². The van der Waals surface area contributed by atoms with Crippen molar-refractivity contribution in [2.75, 3.05) is 13.1 Å². The van der Waals surface area contributed by atoms with Gasteiger partial charge in [0.15, 0.2) is 0 Å². The van der Waals surface area contributed by atoms with E-state index < -0.39 is 5.97 Å². The molecule has 4 rings (SSSR count). The molecule has 0 unspecified atom stereocenters. The van der Waals surface area contributed by atoms with Crippen molar-refractivity contribution in [2.45, 2.75) is 37.6 Å². The Kier molecular flexibility index (Phi) is 3.84. The zero-order valence-electron chi connectivity index (χ0n) is 13.7. The maximum atomic E-state index is 11.2. The molecule has 1 saturated carbocycles. The molecule has 0 aromatic carbocycles. The molecule has 3 heterocycles. The molecule has 2 N–H and O–H groups in total. The molecule has 0 radical (unpaired) electrons. The van der Waals surface area contributed by atoms with Crippen LogP contribution in [-0.4, -0.2) is 54.3 Å². The van der Waals surface area contributed by atoms with Gasteiger partial charge in [-0.3, -0.25) is 19.5 Å². The summed E-state index contributed by atoms with van der Waals surface area (Å²) < 4.78 is 1.67. The third-order valence-corrected chi connectivity index (χ3v) is 4.99. The minimum absolute atomic E-state index is 0.0602. The minimum Gasteiger partial charge on any atom is -0.481 e. The van der Waals surface area contributed by atoms with Crippen molar-refractivity contribution in [3.63, 3.8) is 0 Å². The molecule has 0 amide bonds. The fourth-order valence-electron chi connectivity index (χ4n) is 3.68. The number of aromatic nitrogens is 5. The van der Waals surface area contributed by atoms with E-state index in [1.54, 1.807) is 4.68 Å². The average molecular weight is 330 g/mol. The van der Waals surface area contributed by atoms with Gasteiger partial charge in [-0.2, -0.15) is 5.10 Å². The summed E-state index contributed by atoms with van der Waals surface area (Å²) >= 11 is 0. The van der Waals surface area contributed by atoms with Crippen molar-refractivity contribution >= 4 is 5.97 Å². The van der Waals surface area contributed by atoms with E-state index in [1.807, 2.05) is 13.2 Å². The molecule has 2 aromatic heterocycles. The second-order valence-corrected chi connectivity index (χ2v) is 7.07. The fraction of sp³-hybridized carbons (Fsp3) is 0.625. The topological polar surface area (TPSA) is 99.9 Å². The van der Waals surface area contributed by atoms with E-state index in [2.05, 4.69) is 31.5 Å². The first kappa shape index (κ1) is 15.3. The van der Waals surface area contributed by atoms with Crippen molar-refractivity contribution in [3.05, 3.63) is 29.3 Å². The summed E-state index contributed by atoms with van der Waals surface area (Å²) in [6.07, 6.45) is 4.53. The summed E-state index contributed by atoms with van der Waals surface area (Å²) in [5.74, 6) is 0.0552. The Morgan fingerprint density at radius 2 is 2.21 bits per heavy atom. The number of aryl methyl sites for hydroxylation is 1. The van der Waals surface area contributed by atoms with Gasteiger partial charge in [-0.25, -0.2) is 0 Å². The third-order valence-electron chi connectivity index (χ3n) is 4.99. The van der Waals surface area contributed by atoms with Crippen LogP contribution in [0, 0.1) is 5.92 Å². The SMILES string of the molecule is Cn1cc([C@@H]2CN(Cc3cc(C4CC4)n[nH]3)C[C@@H]2CC(=O)O)nn1. The van der Waals surface area contributed by atoms with Crippen molar-refractivity contribution in [1.82, 2.24) is 30.1 Å². The van der Waals surface area contributed by atoms with Gasteiger partial charge < -0.3 is 5.11 Å². The Labute approximate surface area is 139 Å². The quantitative estimate of drug-likeness (QED) is 0.823. The maximum absolute atomic E-state index is 11.2. The van der Waals surface area contributed by atoms with Gasteiger partial charge in [0, 0.05) is 50.4 Å². The van der Waals surface area contributed by atoms with E-state index >= 15 is 0 Å². The second-order valence-electron chi connectivity index (χ2n) is 7.07. The van der Waals surface area contributed by atoms with Gasteiger partial charge in [0.1, 0.15) is 0 Å². The lowest BCUT2D eigenvalue weighted by molar-refractivity contribution is -0.138. The summed E-state index contributed by atoms with van der Waals surface area (Å²) in [6.45, 7) is 2.33. The lowest BCUT2D eigenvalue weighted by atomic mass is 9.91. The molecule has 1 aliphatic heterocycles. The Hall–Kier alpha value is -2.22. The summed E-state index contributed by atoms with van der Waals surface area (Å²) in [6, 6.07) is 2.15. The first-order valence-corrected chi connectivity index (χ1v) is 8.43. The van der Waals surface area contributed by atoms with Gasteiger partial charge in [0.2, 0.25) is 0 Å². The standard InChI is InChI=1S/C16H22N6O2/c1-21-9-15(19-20-21)13-8-22(6-11(13)4-16(23)24)7-12-5-14(18-17-12)10-2-3-10/h5,9-11,13H,2-4,6-8H2,1H3,(H,17,18)(H,23,24)/t11-,13+/m0/s1. The van der Waals surface area contributed by atoms with Gasteiger partial charge in [-0.05, 0) is 24.8 Å². The smallest absolute Gasteiger partial charge is 0.303 e. The number of H-pyrrole nitrogens is 1. The largest absolute Gasteiger partial charge is 0.481 e. The van der Waals surface area contributed by atoms with Gasteiger partial charge in [0.05, 0.1) is 17.8 Å². The molecular weight excluding hydrogens is 308 g/mol. The highest BCUT2D eigenvalue weighted by atomic mass is 16.4. The van der Waals surface area contributed by atoms with E-state index in [-0.39, 0.29) is 18.3 Å². The molecule has 24 heavy (non-hydrogen) atoms. The van der Waals surface area contributed by atoms with Crippen molar-refractivity contribution in [1.29, 1.82) is 0 Å². The first-order chi connectivity index (χ1) is 11.6. The lowest BCUT2D eigenvalue weighted by Gasteiger charge is -2.13. The van der Waals surface area contributed by atoms with Gasteiger partial charge >= 0.3 is 5.97 Å². The van der Waals surface area contributed by atoms with E-state index in [1.165, 1.54) is 12.8 Å². The van der Waals surface area contributed by atoms with Gasteiger partial charge in [0.25, 0.3) is 0 Å². The molecule has 0 bridgehead atoms. The number of carboxylic acids is 1. The predicted octanol–water partition coefficient (Wildman–Crippen LogP) is 1.11. The Morgan fingerprint density at radius 3 is 2.88 bits per heavy atom. The van der Waals surface area contributed by atoms with Crippen molar-refractivity contribution < 1.29 is 9.90 Å². The molecule has 8 heteroatoms. The number of likely N-dealkylation sites (tertiary alicyclic amines) is 1. The van der Waals surface area contributed by atoms with Gasteiger partial charge in [-0.1, -0.05) is 5.21 Å². The van der Waals surface area contributed by atoms with Crippen LogP contribution in [0.4, 0.5) is 0 Å². The van der Waals surface area contributed by atoms with Crippen molar-refractivity contribution in [3.8, 4) is 0 Å². The van der Waals surface area contributed by atoms with Crippen LogP contribution < -0.4 is 0 Å². The predicted molar refractivity (Wildman–Crippen MR) is 85.3 cm³/mol. The highest BCUT2D eigenvalue weighted by Gasteiger charge is 2.37. The Bertz CT molecular complexity index is 735. The Morgan fingerprint density at radius 1 is 1.38 bits per heavy atom. The molecule has 2 fully saturated rings. The number of aliphatic carboxylic acids is 1. The molecular formula is C16H22N6O2. The monoisotopic (exact) mass is 330 g/mol. The minimum atomic E-state index is -0.756. The Balaban J connectivity index is 1.46. The molecule has 1 aliphatic carbocycles. The highest BCUT2D eigenvalue weighted by Crippen LogP contribution is 2.39. The number of nitrogens with one attached hydrogen (secondary N) is 1. The van der Waals surface area contributed by atoms with Crippen LogP contribution >= 0.6 is 0 Å². The van der Waals surface area contributed by atoms with Crippen LogP contribution in [0.1, 0.15) is 48.2 Å². The summed E-state index contributed by atoms with van der Waals surface area (Å²) in [5.41, 5.74) is 3.15. The van der Waals surface area contributed by atoms with E-state index in [4.69, 9.17) is 0 Å². The van der Waals surface area contributed by atoms with Crippen LogP contribution in [0.3, 0.4) is 0 Å². The molecule has 1 saturated heterocycles. The second kappa shape index (κ2) is 6.01. The number of hydrogen-bond acceptors (Lipinski definition) is 5. The number of aromatic amines is 1. The number of carbonyl (C=O) groups is 1. The van der Waals surface area contributed by atoms with Crippen LogP contribution in [0.25, 0.3) is 0 Å². The van der Waals surface area contributed by atoms with E-state index in [9.17, 15) is 9.90 Å². The summed E-state index contributed by atoms with van der Waals surface area (Å²) in [5, 5.41) is 24.9. The van der Waals surface area contributed by atoms with Crippen LogP contribution in [0.15, 0.2) is 12.3 Å². The lowest BCUT2D eigenvalue weighted by Crippen LogP contribution is -2.21. The molecule has 128 valence electrons. The summed E-state index contributed by atoms with van der Waals surface area (Å²) in [4.78, 5) is 13.5. The van der Waals surface area contributed by atoms with Crippen LogP contribution in [-0.2, 0) is 18.4 Å². The summed E-state index contributed by atoms with van der Waals surface area (Å²) in [7, 11) is 1.83. The maximum Gasteiger partial charge on any atom is 0.303 e. The number of carboxylic acid groups (broad SMARTS) is 1. The highest BCUT2D eigenvalue weighted by molar-refractivity contribution is 5.67.